The first kappa shape index (κ1) is 17.0. The summed E-state index contributed by atoms with van der Waals surface area (Å²) in [5.41, 5.74) is 4.06. The fourth-order valence-corrected chi connectivity index (χ4v) is 3.04. The van der Waals surface area contributed by atoms with Crippen LogP contribution in [0.1, 0.15) is 44.6 Å². The number of nitrogens with one attached hydrogen (secondary N) is 1. The van der Waals surface area contributed by atoms with E-state index < -0.39 is 0 Å². The third kappa shape index (κ3) is 5.78. The van der Waals surface area contributed by atoms with Crippen LogP contribution < -0.4 is 5.48 Å². The van der Waals surface area contributed by atoms with Gasteiger partial charge >= 0.3 is 5.97 Å². The molecule has 1 fully saturated rings. The first-order valence-electron chi connectivity index (χ1n) is 8.34. The van der Waals surface area contributed by atoms with Crippen molar-refractivity contribution in [3.63, 3.8) is 0 Å². The van der Waals surface area contributed by atoms with Gasteiger partial charge in [-0.25, -0.2) is 5.48 Å². The normalized spacial score (nSPS) is 16.6. The van der Waals surface area contributed by atoms with Crippen LogP contribution in [0.4, 0.5) is 0 Å². The van der Waals surface area contributed by atoms with Gasteiger partial charge in [0, 0.05) is 6.54 Å². The molecule has 4 nitrogen and oxygen atoms in total. The lowest BCUT2D eigenvalue weighted by Gasteiger charge is -2.19. The number of hydrogen-bond donors (Lipinski definition) is 1. The molecule has 1 N–H and O–H groups in total. The van der Waals surface area contributed by atoms with Crippen molar-refractivity contribution in [1.82, 2.24) is 5.48 Å². The van der Waals surface area contributed by atoms with E-state index in [1.54, 1.807) is 0 Å². The molecule has 0 spiro atoms. The minimum Gasteiger partial charge on any atom is -0.466 e. The zero-order valence-corrected chi connectivity index (χ0v) is 13.4. The second-order valence-electron chi connectivity index (χ2n) is 5.96. The molecule has 0 aromatic heterocycles. The van der Waals surface area contributed by atoms with E-state index in [0.29, 0.717) is 25.7 Å². The number of hydroxylamine groups is 1. The third-order valence-electron chi connectivity index (χ3n) is 4.23. The Morgan fingerprint density at radius 3 is 2.68 bits per heavy atom. The monoisotopic (exact) mass is 305 g/mol. The molecule has 0 saturated heterocycles. The van der Waals surface area contributed by atoms with E-state index in [2.05, 4.69) is 5.48 Å². The first-order chi connectivity index (χ1) is 10.8. The molecular formula is C18H27NO3. The van der Waals surface area contributed by atoms with Crippen LogP contribution in [0.25, 0.3) is 0 Å². The summed E-state index contributed by atoms with van der Waals surface area (Å²) >= 11 is 0. The predicted octanol–water partition coefficient (Wildman–Crippen LogP) is 3.47. The minimum absolute atomic E-state index is 0.106. The fraction of sp³-hybridized carbons (Fsp3) is 0.611. The van der Waals surface area contributed by atoms with Crippen LogP contribution in [0, 0.1) is 11.8 Å². The summed E-state index contributed by atoms with van der Waals surface area (Å²) < 4.78 is 5.20. The third-order valence-corrected chi connectivity index (χ3v) is 4.23. The highest BCUT2D eigenvalue weighted by Crippen LogP contribution is 2.30. The summed E-state index contributed by atoms with van der Waals surface area (Å²) in [6.45, 7) is 3.30. The predicted molar refractivity (Wildman–Crippen MR) is 85.9 cm³/mol. The van der Waals surface area contributed by atoms with Gasteiger partial charge in [-0.05, 0) is 24.8 Å². The summed E-state index contributed by atoms with van der Waals surface area (Å²) in [6.07, 6.45) is 5.96. The minimum atomic E-state index is -0.112. The Labute approximate surface area is 133 Å². The highest BCUT2D eigenvalue weighted by molar-refractivity contribution is 5.72. The number of carbonyl (C=O) groups excluding carboxylic acids is 1. The van der Waals surface area contributed by atoms with Crippen LogP contribution >= 0.6 is 0 Å². The average molecular weight is 305 g/mol. The molecule has 1 aromatic carbocycles. The maximum Gasteiger partial charge on any atom is 0.310 e. The van der Waals surface area contributed by atoms with Gasteiger partial charge in [0.15, 0.2) is 0 Å². The summed E-state index contributed by atoms with van der Waals surface area (Å²) in [6, 6.07) is 9.99. The summed E-state index contributed by atoms with van der Waals surface area (Å²) in [7, 11) is 0. The van der Waals surface area contributed by atoms with Gasteiger partial charge in [-0.1, -0.05) is 56.0 Å². The highest BCUT2D eigenvalue weighted by atomic mass is 16.6. The van der Waals surface area contributed by atoms with Crippen LogP contribution in [0.15, 0.2) is 30.3 Å². The Balaban J connectivity index is 1.74. The molecule has 4 heteroatoms. The van der Waals surface area contributed by atoms with E-state index >= 15 is 0 Å². The van der Waals surface area contributed by atoms with E-state index in [9.17, 15) is 4.79 Å². The SMILES string of the molecule is CCOC(=O)C(CNOCc1ccccc1)CC1CCCC1. The van der Waals surface area contributed by atoms with Gasteiger partial charge in [-0.15, -0.1) is 0 Å². The lowest BCUT2D eigenvalue weighted by molar-refractivity contribution is -0.149. The van der Waals surface area contributed by atoms with E-state index in [0.717, 1.165) is 12.0 Å². The maximum absolute atomic E-state index is 12.1. The molecule has 1 aliphatic rings. The standard InChI is InChI=1S/C18H27NO3/c1-2-21-18(20)17(12-15-8-6-7-9-15)13-19-22-14-16-10-4-3-5-11-16/h3-5,10-11,15,17,19H,2,6-9,12-14H2,1H3. The van der Waals surface area contributed by atoms with Gasteiger partial charge in [0.05, 0.1) is 19.1 Å². The maximum atomic E-state index is 12.1. The zero-order valence-electron chi connectivity index (χ0n) is 13.4. The van der Waals surface area contributed by atoms with Crippen molar-refractivity contribution >= 4 is 5.97 Å². The molecule has 0 amide bonds. The quantitative estimate of drug-likeness (QED) is 0.431. The smallest absolute Gasteiger partial charge is 0.310 e. The number of benzene rings is 1. The molecule has 0 heterocycles. The van der Waals surface area contributed by atoms with E-state index in [1.807, 2.05) is 37.3 Å². The van der Waals surface area contributed by atoms with Crippen molar-refractivity contribution in [2.24, 2.45) is 11.8 Å². The molecule has 0 aliphatic heterocycles. The van der Waals surface area contributed by atoms with Crippen molar-refractivity contribution < 1.29 is 14.4 Å². The van der Waals surface area contributed by atoms with Crippen molar-refractivity contribution in [2.45, 2.75) is 45.6 Å². The Kier molecular flexibility index (Phi) is 7.40. The van der Waals surface area contributed by atoms with Gasteiger partial charge < -0.3 is 4.74 Å². The summed E-state index contributed by atoms with van der Waals surface area (Å²) in [5.74, 6) is 0.439. The molecule has 22 heavy (non-hydrogen) atoms. The van der Waals surface area contributed by atoms with Crippen LogP contribution in [-0.2, 0) is 21.0 Å². The first-order valence-corrected chi connectivity index (χ1v) is 8.34. The molecule has 0 radical (unpaired) electrons. The zero-order chi connectivity index (χ0) is 15.6. The van der Waals surface area contributed by atoms with E-state index in [1.165, 1.54) is 25.7 Å². The number of carbonyl (C=O) groups is 1. The largest absolute Gasteiger partial charge is 0.466 e. The second kappa shape index (κ2) is 9.59. The van der Waals surface area contributed by atoms with Gasteiger partial charge in [0.1, 0.15) is 0 Å². The Hall–Kier alpha value is -1.39. The molecule has 1 atom stereocenters. The molecule has 1 aromatic rings. The second-order valence-corrected chi connectivity index (χ2v) is 5.96. The lowest BCUT2D eigenvalue weighted by atomic mass is 9.93. The van der Waals surface area contributed by atoms with Crippen LogP contribution in [0.3, 0.4) is 0 Å². The van der Waals surface area contributed by atoms with Crippen LogP contribution in [0.2, 0.25) is 0 Å². The van der Waals surface area contributed by atoms with Crippen molar-refractivity contribution in [1.29, 1.82) is 0 Å². The number of esters is 1. The highest BCUT2D eigenvalue weighted by Gasteiger charge is 2.26. The molecule has 1 unspecified atom stereocenters. The van der Waals surface area contributed by atoms with Gasteiger partial charge in [0.2, 0.25) is 0 Å². The molecule has 0 bridgehead atoms. The molecule has 1 saturated carbocycles. The molecular weight excluding hydrogens is 278 g/mol. The Bertz CT molecular complexity index is 429. The van der Waals surface area contributed by atoms with E-state index in [-0.39, 0.29) is 11.9 Å². The van der Waals surface area contributed by atoms with Gasteiger partial charge in [-0.2, -0.15) is 0 Å². The lowest BCUT2D eigenvalue weighted by Crippen LogP contribution is -2.31. The average Bonchev–Trinajstić information content (AvgIpc) is 3.04. The molecule has 2 rings (SSSR count). The van der Waals surface area contributed by atoms with Crippen molar-refractivity contribution in [3.8, 4) is 0 Å². The number of rotatable bonds is 9. The Morgan fingerprint density at radius 1 is 1.27 bits per heavy atom. The van der Waals surface area contributed by atoms with E-state index in [4.69, 9.17) is 9.57 Å². The van der Waals surface area contributed by atoms with Crippen LogP contribution in [0.5, 0.6) is 0 Å². The Morgan fingerprint density at radius 2 is 2.00 bits per heavy atom. The molecule has 122 valence electrons. The number of ether oxygens (including phenoxy) is 1. The topological polar surface area (TPSA) is 47.6 Å². The number of hydrogen-bond acceptors (Lipinski definition) is 4. The fourth-order valence-electron chi connectivity index (χ4n) is 3.04. The van der Waals surface area contributed by atoms with Crippen molar-refractivity contribution in [3.05, 3.63) is 35.9 Å². The van der Waals surface area contributed by atoms with Gasteiger partial charge in [0.25, 0.3) is 0 Å². The summed E-state index contributed by atoms with van der Waals surface area (Å²) in [5, 5.41) is 0. The van der Waals surface area contributed by atoms with Gasteiger partial charge in [-0.3, -0.25) is 9.63 Å². The summed E-state index contributed by atoms with van der Waals surface area (Å²) in [4.78, 5) is 17.6. The van der Waals surface area contributed by atoms with Crippen molar-refractivity contribution in [2.75, 3.05) is 13.2 Å². The van der Waals surface area contributed by atoms with Crippen LogP contribution in [-0.4, -0.2) is 19.1 Å². The molecule has 1 aliphatic carbocycles.